The molecule has 0 rings (SSSR count). The Balaban J connectivity index is 4.13. The fourth-order valence-corrected chi connectivity index (χ4v) is 1.21. The predicted molar refractivity (Wildman–Crippen MR) is 51.1 cm³/mol. The topological polar surface area (TPSA) is 53.2 Å². The van der Waals surface area contributed by atoms with Crippen LogP contribution in [0.5, 0.6) is 0 Å². The van der Waals surface area contributed by atoms with Crippen molar-refractivity contribution in [1.82, 2.24) is 0 Å². The van der Waals surface area contributed by atoms with Gasteiger partial charge < -0.3 is 9.84 Å². The van der Waals surface area contributed by atoms with Gasteiger partial charge in [0.1, 0.15) is 5.60 Å². The lowest BCUT2D eigenvalue weighted by Gasteiger charge is -2.27. The van der Waals surface area contributed by atoms with E-state index in [9.17, 15) is 5.11 Å². The van der Waals surface area contributed by atoms with Crippen LogP contribution in [-0.4, -0.2) is 23.9 Å². The average molecular weight is 185 g/mol. The summed E-state index contributed by atoms with van der Waals surface area (Å²) in [4.78, 5) is 0. The van der Waals surface area contributed by atoms with Crippen molar-refractivity contribution in [3.63, 3.8) is 0 Å². The van der Waals surface area contributed by atoms with Gasteiger partial charge in [-0.3, -0.25) is 0 Å². The molecule has 0 saturated carbocycles. The van der Waals surface area contributed by atoms with Crippen molar-refractivity contribution in [3.05, 3.63) is 0 Å². The van der Waals surface area contributed by atoms with Gasteiger partial charge in [0.15, 0.2) is 0 Å². The van der Waals surface area contributed by atoms with E-state index in [1.807, 2.05) is 13.8 Å². The zero-order chi connectivity index (χ0) is 10.3. The SMILES string of the molecule is CCCC(C#N)C(C)(O)COCC. The van der Waals surface area contributed by atoms with Gasteiger partial charge in [-0.2, -0.15) is 5.26 Å². The molecule has 2 unspecified atom stereocenters. The Morgan fingerprint density at radius 1 is 1.54 bits per heavy atom. The van der Waals surface area contributed by atoms with Gasteiger partial charge in [-0.1, -0.05) is 13.3 Å². The molecule has 0 aromatic rings. The van der Waals surface area contributed by atoms with Crippen LogP contribution < -0.4 is 0 Å². The number of ether oxygens (including phenoxy) is 1. The zero-order valence-corrected chi connectivity index (χ0v) is 8.71. The summed E-state index contributed by atoms with van der Waals surface area (Å²) in [5.41, 5.74) is -1.01. The Hall–Kier alpha value is -0.590. The number of hydrogen-bond acceptors (Lipinski definition) is 3. The van der Waals surface area contributed by atoms with E-state index >= 15 is 0 Å². The van der Waals surface area contributed by atoms with Crippen LogP contribution in [0, 0.1) is 17.2 Å². The Morgan fingerprint density at radius 3 is 2.54 bits per heavy atom. The van der Waals surface area contributed by atoms with E-state index < -0.39 is 5.60 Å². The van der Waals surface area contributed by atoms with Crippen molar-refractivity contribution in [2.75, 3.05) is 13.2 Å². The van der Waals surface area contributed by atoms with Crippen LogP contribution in [0.4, 0.5) is 0 Å². The molecule has 1 N–H and O–H groups in total. The summed E-state index contributed by atoms with van der Waals surface area (Å²) >= 11 is 0. The molecular formula is C10H19NO2. The molecule has 2 atom stereocenters. The summed E-state index contributed by atoms with van der Waals surface area (Å²) in [6.07, 6.45) is 1.62. The van der Waals surface area contributed by atoms with Crippen LogP contribution in [0.15, 0.2) is 0 Å². The Labute approximate surface area is 80.3 Å². The molecule has 3 heteroatoms. The van der Waals surface area contributed by atoms with E-state index in [2.05, 4.69) is 6.07 Å². The van der Waals surface area contributed by atoms with E-state index in [-0.39, 0.29) is 12.5 Å². The monoisotopic (exact) mass is 185 g/mol. The summed E-state index contributed by atoms with van der Waals surface area (Å²) in [7, 11) is 0. The number of nitriles is 1. The molecule has 0 saturated heterocycles. The minimum atomic E-state index is -1.01. The van der Waals surface area contributed by atoms with Gasteiger partial charge in [-0.25, -0.2) is 0 Å². The van der Waals surface area contributed by atoms with Gasteiger partial charge in [0.25, 0.3) is 0 Å². The highest BCUT2D eigenvalue weighted by atomic mass is 16.5. The standard InChI is InChI=1S/C10H19NO2/c1-4-6-9(7-11)10(3,12)8-13-5-2/h9,12H,4-6,8H2,1-3H3. The Kier molecular flexibility index (Phi) is 5.68. The first-order valence-corrected chi connectivity index (χ1v) is 4.78. The van der Waals surface area contributed by atoms with E-state index in [4.69, 9.17) is 10.00 Å². The predicted octanol–water partition coefficient (Wildman–Crippen LogP) is 1.71. The van der Waals surface area contributed by atoms with Crippen molar-refractivity contribution < 1.29 is 9.84 Å². The van der Waals surface area contributed by atoms with E-state index in [1.165, 1.54) is 0 Å². The third-order valence-electron chi connectivity index (χ3n) is 2.08. The molecule has 0 aromatic carbocycles. The van der Waals surface area contributed by atoms with Gasteiger partial charge >= 0.3 is 0 Å². The molecule has 13 heavy (non-hydrogen) atoms. The average Bonchev–Trinajstić information content (AvgIpc) is 2.10. The van der Waals surface area contributed by atoms with Gasteiger partial charge in [-0.05, 0) is 20.3 Å². The van der Waals surface area contributed by atoms with Crippen LogP contribution in [-0.2, 0) is 4.74 Å². The smallest absolute Gasteiger partial charge is 0.101 e. The lowest BCUT2D eigenvalue weighted by molar-refractivity contribution is -0.0573. The molecule has 0 fully saturated rings. The second kappa shape index (κ2) is 5.95. The Morgan fingerprint density at radius 2 is 2.15 bits per heavy atom. The summed E-state index contributed by atoms with van der Waals surface area (Å²) in [5, 5.41) is 18.7. The molecule has 0 aliphatic heterocycles. The molecule has 0 bridgehead atoms. The van der Waals surface area contributed by atoms with Gasteiger partial charge in [0, 0.05) is 6.61 Å². The maximum atomic E-state index is 9.89. The first-order valence-electron chi connectivity index (χ1n) is 4.78. The number of rotatable bonds is 6. The minimum absolute atomic E-state index is 0.238. The highest BCUT2D eigenvalue weighted by molar-refractivity contribution is 4.95. The van der Waals surface area contributed by atoms with Crippen LogP contribution in [0.1, 0.15) is 33.6 Å². The quantitative estimate of drug-likeness (QED) is 0.685. The van der Waals surface area contributed by atoms with Crippen molar-refractivity contribution in [3.8, 4) is 6.07 Å². The number of hydrogen-bond donors (Lipinski definition) is 1. The van der Waals surface area contributed by atoms with Gasteiger partial charge in [-0.15, -0.1) is 0 Å². The molecule has 0 aromatic heterocycles. The Bertz CT molecular complexity index is 172. The lowest BCUT2D eigenvalue weighted by Crippen LogP contribution is -2.38. The van der Waals surface area contributed by atoms with E-state index in [1.54, 1.807) is 6.92 Å². The second-order valence-corrected chi connectivity index (χ2v) is 3.46. The summed E-state index contributed by atoms with van der Waals surface area (Å²) in [6.45, 7) is 6.34. The molecule has 76 valence electrons. The van der Waals surface area contributed by atoms with Crippen molar-refractivity contribution in [1.29, 1.82) is 5.26 Å². The molecule has 0 amide bonds. The first kappa shape index (κ1) is 12.4. The molecular weight excluding hydrogens is 166 g/mol. The van der Waals surface area contributed by atoms with E-state index in [0.29, 0.717) is 6.61 Å². The molecule has 0 heterocycles. The van der Waals surface area contributed by atoms with Gasteiger partial charge in [0.05, 0.1) is 18.6 Å². The maximum Gasteiger partial charge on any atom is 0.101 e. The number of aliphatic hydroxyl groups is 1. The van der Waals surface area contributed by atoms with Crippen LogP contribution in [0.25, 0.3) is 0 Å². The molecule has 0 aliphatic rings. The molecule has 0 spiro atoms. The fraction of sp³-hybridized carbons (Fsp3) is 0.900. The van der Waals surface area contributed by atoms with Crippen LogP contribution in [0.3, 0.4) is 0 Å². The zero-order valence-electron chi connectivity index (χ0n) is 8.71. The summed E-state index contributed by atoms with van der Waals surface area (Å²) in [6, 6.07) is 2.12. The summed E-state index contributed by atoms with van der Waals surface area (Å²) < 4.78 is 5.13. The third-order valence-corrected chi connectivity index (χ3v) is 2.08. The second-order valence-electron chi connectivity index (χ2n) is 3.46. The van der Waals surface area contributed by atoms with Crippen LogP contribution >= 0.6 is 0 Å². The number of nitrogens with zero attached hydrogens (tertiary/aromatic N) is 1. The van der Waals surface area contributed by atoms with Crippen molar-refractivity contribution in [2.24, 2.45) is 5.92 Å². The first-order chi connectivity index (χ1) is 6.08. The fourth-order valence-electron chi connectivity index (χ4n) is 1.21. The maximum absolute atomic E-state index is 9.89. The lowest BCUT2D eigenvalue weighted by atomic mass is 9.87. The van der Waals surface area contributed by atoms with Gasteiger partial charge in [0.2, 0.25) is 0 Å². The molecule has 0 radical (unpaired) electrons. The minimum Gasteiger partial charge on any atom is -0.386 e. The highest BCUT2D eigenvalue weighted by Gasteiger charge is 2.31. The van der Waals surface area contributed by atoms with E-state index in [0.717, 1.165) is 12.8 Å². The molecule has 3 nitrogen and oxygen atoms in total. The van der Waals surface area contributed by atoms with Crippen LogP contribution in [0.2, 0.25) is 0 Å². The van der Waals surface area contributed by atoms with Crippen molar-refractivity contribution in [2.45, 2.75) is 39.2 Å². The normalized spacial score (nSPS) is 17.5. The summed E-state index contributed by atoms with van der Waals surface area (Å²) in [5.74, 6) is -0.330. The molecule has 0 aliphatic carbocycles. The highest BCUT2D eigenvalue weighted by Crippen LogP contribution is 2.21. The van der Waals surface area contributed by atoms with Crippen molar-refractivity contribution >= 4 is 0 Å². The third kappa shape index (κ3) is 4.25. The largest absolute Gasteiger partial charge is 0.386 e.